The second-order valence-corrected chi connectivity index (χ2v) is 14.9. The van der Waals surface area contributed by atoms with Crippen LogP contribution in [0.5, 0.6) is 0 Å². The number of nitrogens with one attached hydrogen (secondary N) is 4. The van der Waals surface area contributed by atoms with Crippen LogP contribution in [0.4, 0.5) is 0 Å². The van der Waals surface area contributed by atoms with Crippen molar-refractivity contribution in [1.29, 1.82) is 0 Å². The van der Waals surface area contributed by atoms with Gasteiger partial charge < -0.3 is 29.7 Å². The maximum Gasteiger partial charge on any atom is 0.220 e. The van der Waals surface area contributed by atoms with Gasteiger partial charge in [-0.2, -0.15) is 0 Å². The zero-order chi connectivity index (χ0) is 40.8. The Labute approximate surface area is 339 Å². The molecule has 5 aromatic rings. The number of H-pyrrole nitrogens is 2. The number of aryl methyl sites for hydroxylation is 4. The van der Waals surface area contributed by atoms with Gasteiger partial charge in [0.2, 0.25) is 11.8 Å². The Bertz CT molecular complexity index is 2580. The number of hydrogen-bond acceptors (Lipinski definition) is 6. The Hall–Kier alpha value is -6.56. The molecule has 0 saturated heterocycles. The molecule has 0 fully saturated rings. The number of carbonyl (C=O) groups is 2. The summed E-state index contributed by atoms with van der Waals surface area (Å²) in [5.74, 6) is -0.0167. The number of hydrogen-bond donors (Lipinski definition) is 4. The first kappa shape index (κ1) is 39.7. The van der Waals surface area contributed by atoms with Crippen LogP contribution >= 0.6 is 0 Å². The monoisotopic (exact) mass is 776 g/mol. The SMILES string of the molecule is C=Cc1c(C)c2cc3[nH]c(cc4nc(cc5nc(cc1[nH]2)C(C)=C5CCC(=O)NCCCn1ccnc1)C(CCC(=O)NCCCn1ccnc1)=C4C)c(C)c3C=C. The fourth-order valence-electron chi connectivity index (χ4n) is 7.77. The van der Waals surface area contributed by atoms with Gasteiger partial charge in [-0.3, -0.25) is 9.59 Å². The van der Waals surface area contributed by atoms with Gasteiger partial charge in [-0.05, 0) is 111 Å². The van der Waals surface area contributed by atoms with Crippen molar-refractivity contribution in [3.05, 3.63) is 120 Å². The van der Waals surface area contributed by atoms with Crippen LogP contribution in [0, 0.1) is 13.8 Å². The van der Waals surface area contributed by atoms with Crippen molar-refractivity contribution in [3.63, 3.8) is 0 Å². The van der Waals surface area contributed by atoms with Crippen LogP contribution in [0.2, 0.25) is 0 Å². The minimum Gasteiger partial charge on any atom is -0.356 e. The van der Waals surface area contributed by atoms with E-state index in [0.717, 1.165) is 115 Å². The molecule has 0 aliphatic carbocycles. The van der Waals surface area contributed by atoms with Gasteiger partial charge in [0.05, 0.1) is 35.4 Å². The lowest BCUT2D eigenvalue weighted by atomic mass is 9.98. The van der Waals surface area contributed by atoms with Crippen molar-refractivity contribution in [2.24, 2.45) is 0 Å². The summed E-state index contributed by atoms with van der Waals surface area (Å²) in [5, 5.41) is 6.18. The van der Waals surface area contributed by atoms with E-state index >= 15 is 0 Å². The van der Waals surface area contributed by atoms with Crippen molar-refractivity contribution in [3.8, 4) is 0 Å². The number of rotatable bonds is 16. The summed E-state index contributed by atoms with van der Waals surface area (Å²) >= 11 is 0. The van der Waals surface area contributed by atoms with Gasteiger partial charge in [-0.15, -0.1) is 0 Å². The minimum absolute atomic E-state index is 0.00791. The molecule has 0 radical (unpaired) electrons. The molecule has 2 amide bonds. The number of carbonyl (C=O) groups excluding carboxylic acids is 2. The molecule has 0 spiro atoms. The van der Waals surface area contributed by atoms with Crippen LogP contribution in [0.15, 0.2) is 74.9 Å². The van der Waals surface area contributed by atoms with Gasteiger partial charge in [-0.1, -0.05) is 25.3 Å². The summed E-state index contributed by atoms with van der Waals surface area (Å²) in [6, 6.07) is 8.31. The molecule has 0 aromatic carbocycles. The number of aromatic nitrogens is 8. The van der Waals surface area contributed by atoms with E-state index in [9.17, 15) is 9.59 Å². The Kier molecular flexibility index (Phi) is 12.1. The fraction of sp³-hybridized carbons (Fsp3) is 0.304. The third-order valence-corrected chi connectivity index (χ3v) is 11.2. The standard InChI is InChI=1S/C46H52N10O2/c1-7-33-29(3)37-23-38-31(5)35(11-13-45(57)49-15-9-19-55-21-17-47-27-55)43(53-38)26-44-36(12-14-46(58)50-16-10-20-56-22-18-48-28-56)32(6)40(54-44)25-42-34(8-2)30(4)39(52-42)24-41(33)51-37/h7-8,17-18,21-28,51-52H,1-2,9-16,19-20H2,3-6H3,(H,49,57)(H,50,58). The molecule has 0 unspecified atom stereocenters. The van der Waals surface area contributed by atoms with E-state index in [4.69, 9.17) is 9.97 Å². The van der Waals surface area contributed by atoms with E-state index in [1.54, 1.807) is 25.0 Å². The van der Waals surface area contributed by atoms with Crippen LogP contribution < -0.4 is 10.6 Å². The average Bonchev–Trinajstić information content (AvgIpc) is 4.07. The first-order chi connectivity index (χ1) is 28.1. The van der Waals surface area contributed by atoms with Crippen LogP contribution in [-0.2, 0) is 22.7 Å². The summed E-state index contributed by atoms with van der Waals surface area (Å²) in [6.45, 7) is 19.3. The van der Waals surface area contributed by atoms with E-state index in [0.29, 0.717) is 38.8 Å². The Morgan fingerprint density at radius 2 is 1.09 bits per heavy atom. The minimum atomic E-state index is -0.00879. The van der Waals surface area contributed by atoms with E-state index in [-0.39, 0.29) is 11.8 Å². The maximum absolute atomic E-state index is 13.2. The van der Waals surface area contributed by atoms with Gasteiger partial charge in [0.15, 0.2) is 0 Å². The average molecular weight is 777 g/mol. The molecule has 2 aliphatic rings. The predicted molar refractivity (Wildman–Crippen MR) is 234 cm³/mol. The van der Waals surface area contributed by atoms with Gasteiger partial charge in [0, 0.05) is 97.0 Å². The maximum atomic E-state index is 13.2. The van der Waals surface area contributed by atoms with Gasteiger partial charge in [0.1, 0.15) is 0 Å². The highest BCUT2D eigenvalue weighted by Gasteiger charge is 2.23. The van der Waals surface area contributed by atoms with Crippen molar-refractivity contribution < 1.29 is 9.59 Å². The van der Waals surface area contributed by atoms with Gasteiger partial charge in [-0.25, -0.2) is 19.9 Å². The Morgan fingerprint density at radius 1 is 0.638 bits per heavy atom. The molecule has 5 aromatic heterocycles. The summed E-state index contributed by atoms with van der Waals surface area (Å²) in [5.41, 5.74) is 15.0. The number of aromatic amines is 2. The van der Waals surface area contributed by atoms with E-state index in [1.807, 2.05) is 39.7 Å². The van der Waals surface area contributed by atoms with Crippen molar-refractivity contribution in [1.82, 2.24) is 49.7 Å². The third-order valence-electron chi connectivity index (χ3n) is 11.2. The fourth-order valence-corrected chi connectivity index (χ4v) is 7.77. The molecule has 12 nitrogen and oxygen atoms in total. The summed E-state index contributed by atoms with van der Waals surface area (Å²) in [7, 11) is 0. The summed E-state index contributed by atoms with van der Waals surface area (Å²) in [6.07, 6.45) is 17.9. The van der Waals surface area contributed by atoms with Crippen LogP contribution in [0.3, 0.4) is 0 Å². The lowest BCUT2D eigenvalue weighted by molar-refractivity contribution is -0.121. The molecular weight excluding hydrogens is 725 g/mol. The van der Waals surface area contributed by atoms with E-state index < -0.39 is 0 Å². The number of imidazole rings is 2. The zero-order valence-electron chi connectivity index (χ0n) is 33.9. The first-order valence-electron chi connectivity index (χ1n) is 20.0. The second kappa shape index (κ2) is 17.7. The van der Waals surface area contributed by atoms with Crippen molar-refractivity contribution >= 4 is 68.3 Å². The van der Waals surface area contributed by atoms with E-state index in [2.05, 4.69) is 89.6 Å². The topological polar surface area (TPSA) is 151 Å². The lowest BCUT2D eigenvalue weighted by Gasteiger charge is -2.09. The first-order valence-corrected chi connectivity index (χ1v) is 20.0. The normalized spacial score (nSPS) is 12.6. The number of allylic oxidation sites excluding steroid dienone is 4. The van der Waals surface area contributed by atoms with Crippen molar-refractivity contribution in [2.75, 3.05) is 13.1 Å². The molecule has 4 N–H and O–H groups in total. The smallest absolute Gasteiger partial charge is 0.220 e. The largest absolute Gasteiger partial charge is 0.356 e. The van der Waals surface area contributed by atoms with Gasteiger partial charge >= 0.3 is 0 Å². The number of fused-ring (bicyclic) bond motifs is 8. The molecular formula is C46H52N10O2. The summed E-state index contributed by atoms with van der Waals surface area (Å²) in [4.78, 5) is 52.2. The number of amides is 2. The van der Waals surface area contributed by atoms with Crippen molar-refractivity contribution in [2.45, 2.75) is 79.3 Å². The molecule has 8 bridgehead atoms. The molecule has 7 rings (SSSR count). The molecule has 0 saturated carbocycles. The molecule has 7 heterocycles. The molecule has 0 atom stereocenters. The Balaban J connectivity index is 1.26. The van der Waals surface area contributed by atoms with Gasteiger partial charge in [0.25, 0.3) is 0 Å². The predicted octanol–water partition coefficient (Wildman–Crippen LogP) is 8.45. The molecule has 2 aliphatic heterocycles. The molecule has 12 heteroatoms. The summed E-state index contributed by atoms with van der Waals surface area (Å²) < 4.78 is 4.01. The van der Waals surface area contributed by atoms with Crippen LogP contribution in [0.25, 0.3) is 56.5 Å². The zero-order valence-corrected chi connectivity index (χ0v) is 33.9. The van der Waals surface area contributed by atoms with E-state index in [1.165, 1.54) is 0 Å². The third kappa shape index (κ3) is 8.71. The number of nitrogens with zero attached hydrogens (tertiary/aromatic N) is 6. The van der Waals surface area contributed by atoms with Crippen LogP contribution in [-0.4, -0.2) is 63.9 Å². The quantitative estimate of drug-likeness (QED) is 0.0739. The highest BCUT2D eigenvalue weighted by molar-refractivity contribution is 5.97. The second-order valence-electron chi connectivity index (χ2n) is 14.9. The highest BCUT2D eigenvalue weighted by atomic mass is 16.2. The Morgan fingerprint density at radius 3 is 1.53 bits per heavy atom. The lowest BCUT2D eigenvalue weighted by Crippen LogP contribution is -2.25. The molecule has 298 valence electrons. The molecule has 58 heavy (non-hydrogen) atoms. The van der Waals surface area contributed by atoms with Crippen LogP contribution in [0.1, 0.15) is 97.4 Å². The highest BCUT2D eigenvalue weighted by Crippen LogP contribution is 2.38.